The maximum atomic E-state index is 11.8. The number of nitrogens with zero attached hydrogens (tertiary/aromatic N) is 1. The Balaban J connectivity index is 4.22. The van der Waals surface area contributed by atoms with E-state index in [2.05, 4.69) is 13.2 Å². The van der Waals surface area contributed by atoms with Crippen LogP contribution in [-0.4, -0.2) is 35.0 Å². The van der Waals surface area contributed by atoms with Gasteiger partial charge in [0.15, 0.2) is 0 Å². The number of hydrogen-bond acceptors (Lipinski definition) is 2. The summed E-state index contributed by atoms with van der Waals surface area (Å²) >= 11 is 0. The van der Waals surface area contributed by atoms with Crippen molar-refractivity contribution >= 4 is 11.9 Å². The minimum Gasteiger partial charge on any atom is -0.481 e. The van der Waals surface area contributed by atoms with Gasteiger partial charge in [-0.25, -0.2) is 0 Å². The van der Waals surface area contributed by atoms with E-state index in [-0.39, 0.29) is 24.7 Å². The molecule has 0 radical (unpaired) electrons. The molecule has 0 aromatic rings. The van der Waals surface area contributed by atoms with Gasteiger partial charge in [0.05, 0.1) is 0 Å². The number of carbonyl (C=O) groups is 2. The molecule has 0 aromatic heterocycles. The van der Waals surface area contributed by atoms with E-state index in [4.69, 9.17) is 5.11 Å². The second-order valence-electron chi connectivity index (χ2n) is 3.78. The molecule has 0 heterocycles. The first kappa shape index (κ1) is 14.4. The van der Waals surface area contributed by atoms with Crippen LogP contribution in [0.5, 0.6) is 0 Å². The van der Waals surface area contributed by atoms with Crippen molar-refractivity contribution in [2.24, 2.45) is 5.92 Å². The third kappa shape index (κ3) is 6.01. The van der Waals surface area contributed by atoms with Crippen LogP contribution < -0.4 is 0 Å². The zero-order chi connectivity index (χ0) is 12.6. The highest BCUT2D eigenvalue weighted by Crippen LogP contribution is 2.10. The van der Waals surface area contributed by atoms with Crippen LogP contribution >= 0.6 is 0 Å². The van der Waals surface area contributed by atoms with Gasteiger partial charge >= 0.3 is 5.97 Å². The lowest BCUT2D eigenvalue weighted by Crippen LogP contribution is -2.32. The number of hydrogen-bond donors (Lipinski definition) is 1. The Morgan fingerprint density at radius 2 is 1.75 bits per heavy atom. The SMILES string of the molecule is C=CCN(CC=C)C(=O)CC(C)CC(=O)O. The first-order chi connectivity index (χ1) is 7.51. The van der Waals surface area contributed by atoms with E-state index >= 15 is 0 Å². The van der Waals surface area contributed by atoms with Crippen LogP contribution in [0, 0.1) is 5.92 Å². The van der Waals surface area contributed by atoms with Crippen molar-refractivity contribution in [2.75, 3.05) is 13.1 Å². The highest BCUT2D eigenvalue weighted by molar-refractivity contribution is 5.77. The summed E-state index contributed by atoms with van der Waals surface area (Å²) in [5.41, 5.74) is 0. The first-order valence-electron chi connectivity index (χ1n) is 5.22. The first-order valence-corrected chi connectivity index (χ1v) is 5.22. The van der Waals surface area contributed by atoms with Crippen LogP contribution in [-0.2, 0) is 9.59 Å². The van der Waals surface area contributed by atoms with Crippen molar-refractivity contribution in [3.63, 3.8) is 0 Å². The molecule has 1 unspecified atom stereocenters. The molecular formula is C12H19NO3. The second kappa shape index (κ2) is 7.68. The maximum Gasteiger partial charge on any atom is 0.303 e. The molecule has 1 amide bonds. The molecule has 1 atom stereocenters. The van der Waals surface area contributed by atoms with Crippen LogP contribution in [0.4, 0.5) is 0 Å². The Kier molecular flexibility index (Phi) is 6.92. The summed E-state index contributed by atoms with van der Waals surface area (Å²) in [6.07, 6.45) is 3.54. The highest BCUT2D eigenvalue weighted by atomic mass is 16.4. The van der Waals surface area contributed by atoms with E-state index in [0.717, 1.165) is 0 Å². The molecule has 1 N–H and O–H groups in total. The standard InChI is InChI=1S/C12H19NO3/c1-4-6-13(7-5-2)11(14)8-10(3)9-12(15)16/h4-5,10H,1-2,6-9H2,3H3,(H,15,16). The van der Waals surface area contributed by atoms with Gasteiger partial charge in [-0.2, -0.15) is 0 Å². The number of carboxylic acids is 1. The molecule has 0 spiro atoms. The van der Waals surface area contributed by atoms with Crippen molar-refractivity contribution in [1.29, 1.82) is 0 Å². The van der Waals surface area contributed by atoms with Gasteiger partial charge in [0, 0.05) is 25.9 Å². The molecule has 0 aromatic carbocycles. The molecule has 0 aliphatic rings. The number of carbonyl (C=O) groups excluding carboxylic acids is 1. The molecule has 0 fully saturated rings. The lowest BCUT2D eigenvalue weighted by Gasteiger charge is -2.20. The number of rotatable bonds is 8. The molecule has 4 heteroatoms. The largest absolute Gasteiger partial charge is 0.481 e. The molecule has 0 saturated carbocycles. The third-order valence-electron chi connectivity index (χ3n) is 2.10. The normalized spacial score (nSPS) is 11.6. The minimum absolute atomic E-state index is 0.0156. The van der Waals surface area contributed by atoms with Crippen molar-refractivity contribution in [2.45, 2.75) is 19.8 Å². The molecule has 0 aliphatic heterocycles. The zero-order valence-corrected chi connectivity index (χ0v) is 9.69. The van der Waals surface area contributed by atoms with E-state index in [1.54, 1.807) is 24.0 Å². The molecule has 0 aliphatic carbocycles. The van der Waals surface area contributed by atoms with Crippen LogP contribution in [0.3, 0.4) is 0 Å². The smallest absolute Gasteiger partial charge is 0.303 e. The summed E-state index contributed by atoms with van der Waals surface area (Å²) in [6.45, 7) is 9.82. The molecule has 0 saturated heterocycles. The van der Waals surface area contributed by atoms with Crippen molar-refractivity contribution in [1.82, 2.24) is 4.90 Å². The van der Waals surface area contributed by atoms with Gasteiger partial charge < -0.3 is 10.0 Å². The van der Waals surface area contributed by atoms with Gasteiger partial charge in [-0.1, -0.05) is 19.1 Å². The van der Waals surface area contributed by atoms with Gasteiger partial charge in [-0.3, -0.25) is 9.59 Å². The Labute approximate surface area is 96.3 Å². The number of carboxylic acid groups (broad SMARTS) is 1. The summed E-state index contributed by atoms with van der Waals surface area (Å²) in [6, 6.07) is 0. The van der Waals surface area contributed by atoms with Gasteiger partial charge in [0.2, 0.25) is 5.91 Å². The van der Waals surface area contributed by atoms with Crippen LogP contribution in [0.25, 0.3) is 0 Å². The second-order valence-corrected chi connectivity index (χ2v) is 3.78. The Bertz CT molecular complexity index is 263. The Morgan fingerprint density at radius 3 is 2.12 bits per heavy atom. The summed E-state index contributed by atoms with van der Waals surface area (Å²) in [5, 5.41) is 8.58. The lowest BCUT2D eigenvalue weighted by atomic mass is 10.0. The fourth-order valence-electron chi connectivity index (χ4n) is 1.39. The third-order valence-corrected chi connectivity index (χ3v) is 2.10. The number of amides is 1. The molecule has 90 valence electrons. The quantitative estimate of drug-likeness (QED) is 0.639. The van der Waals surface area contributed by atoms with Gasteiger partial charge in [-0.15, -0.1) is 13.2 Å². The minimum atomic E-state index is -0.876. The Hall–Kier alpha value is -1.58. The van der Waals surface area contributed by atoms with Gasteiger partial charge in [0.1, 0.15) is 0 Å². The van der Waals surface area contributed by atoms with Gasteiger partial charge in [0.25, 0.3) is 0 Å². The average Bonchev–Trinajstić information content (AvgIpc) is 2.15. The van der Waals surface area contributed by atoms with E-state index in [1.165, 1.54) is 0 Å². The van der Waals surface area contributed by atoms with Crippen LogP contribution in [0.15, 0.2) is 25.3 Å². The molecule has 0 rings (SSSR count). The fraction of sp³-hybridized carbons (Fsp3) is 0.500. The maximum absolute atomic E-state index is 11.8. The molecule has 4 nitrogen and oxygen atoms in total. The summed E-state index contributed by atoms with van der Waals surface area (Å²) in [7, 11) is 0. The molecular weight excluding hydrogens is 206 g/mol. The zero-order valence-electron chi connectivity index (χ0n) is 9.69. The van der Waals surface area contributed by atoms with Crippen LogP contribution in [0.1, 0.15) is 19.8 Å². The molecule has 0 bridgehead atoms. The van der Waals surface area contributed by atoms with E-state index < -0.39 is 5.97 Å². The topological polar surface area (TPSA) is 57.6 Å². The molecule has 16 heavy (non-hydrogen) atoms. The van der Waals surface area contributed by atoms with Crippen molar-refractivity contribution in [3.05, 3.63) is 25.3 Å². The van der Waals surface area contributed by atoms with Gasteiger partial charge in [-0.05, 0) is 5.92 Å². The predicted octanol–water partition coefficient (Wildman–Crippen LogP) is 1.69. The van der Waals surface area contributed by atoms with E-state index in [9.17, 15) is 9.59 Å². The van der Waals surface area contributed by atoms with Crippen LogP contribution in [0.2, 0.25) is 0 Å². The fourth-order valence-corrected chi connectivity index (χ4v) is 1.39. The van der Waals surface area contributed by atoms with Crippen molar-refractivity contribution < 1.29 is 14.7 Å². The highest BCUT2D eigenvalue weighted by Gasteiger charge is 2.16. The Morgan fingerprint density at radius 1 is 1.25 bits per heavy atom. The predicted molar refractivity (Wildman–Crippen MR) is 63.0 cm³/mol. The summed E-state index contributed by atoms with van der Waals surface area (Å²) < 4.78 is 0. The summed E-state index contributed by atoms with van der Waals surface area (Å²) in [4.78, 5) is 23.8. The van der Waals surface area contributed by atoms with Crippen molar-refractivity contribution in [3.8, 4) is 0 Å². The van der Waals surface area contributed by atoms with E-state index in [0.29, 0.717) is 13.1 Å². The summed E-state index contributed by atoms with van der Waals surface area (Å²) in [5.74, 6) is -1.09. The lowest BCUT2D eigenvalue weighted by molar-refractivity contribution is -0.138. The van der Waals surface area contributed by atoms with E-state index in [1.807, 2.05) is 0 Å². The average molecular weight is 225 g/mol. The monoisotopic (exact) mass is 225 g/mol. The number of aliphatic carboxylic acids is 1.